The number of ether oxygens (including phenoxy) is 1. The molecule has 0 N–H and O–H groups in total. The van der Waals surface area contributed by atoms with Gasteiger partial charge >= 0.3 is 0 Å². The van der Waals surface area contributed by atoms with Crippen LogP contribution in [0, 0.1) is 12.8 Å². The number of hydrogen-bond acceptors (Lipinski definition) is 5. The number of carbonyl (C=O) groups excluding carboxylic acids is 2. The van der Waals surface area contributed by atoms with Crippen molar-refractivity contribution in [2.75, 3.05) is 20.1 Å². The van der Waals surface area contributed by atoms with Crippen LogP contribution in [0.5, 0.6) is 5.75 Å². The molecule has 5 rings (SSSR count). The maximum Gasteiger partial charge on any atom is 0.273 e. The van der Waals surface area contributed by atoms with Crippen molar-refractivity contribution in [3.05, 3.63) is 80.8 Å². The summed E-state index contributed by atoms with van der Waals surface area (Å²) in [6.45, 7) is 5.70. The van der Waals surface area contributed by atoms with E-state index in [2.05, 4.69) is 53.2 Å². The molecule has 1 saturated carbocycles. The number of aromatic nitrogens is 1. The van der Waals surface area contributed by atoms with Gasteiger partial charge in [-0.05, 0) is 61.9 Å². The van der Waals surface area contributed by atoms with Gasteiger partial charge in [0.05, 0.1) is 6.04 Å². The summed E-state index contributed by atoms with van der Waals surface area (Å²) in [4.78, 5) is 33.8. The van der Waals surface area contributed by atoms with Gasteiger partial charge in [0.2, 0.25) is 5.91 Å². The van der Waals surface area contributed by atoms with Gasteiger partial charge in [-0.1, -0.05) is 35.9 Å². The molecule has 2 aromatic carbocycles. The number of fused-ring (bicyclic) bond motifs is 1. The fourth-order valence-electron chi connectivity index (χ4n) is 4.64. The van der Waals surface area contributed by atoms with E-state index in [9.17, 15) is 9.59 Å². The van der Waals surface area contributed by atoms with E-state index in [0.29, 0.717) is 18.8 Å². The highest BCUT2D eigenvalue weighted by Gasteiger charge is 2.39. The second-order valence-electron chi connectivity index (χ2n) is 9.47. The Morgan fingerprint density at radius 3 is 2.77 bits per heavy atom. The fourth-order valence-corrected chi connectivity index (χ4v) is 5.32. The quantitative estimate of drug-likeness (QED) is 0.468. The van der Waals surface area contributed by atoms with Gasteiger partial charge in [-0.25, -0.2) is 4.98 Å². The Morgan fingerprint density at radius 1 is 1.20 bits per heavy atom. The molecule has 0 spiro atoms. The van der Waals surface area contributed by atoms with Crippen LogP contribution in [0.4, 0.5) is 0 Å². The standard InChI is InChI=1S/C28H31N3O3S/c1-4-30(3)28(33)24-17-35-25(29-24)16-34-22-11-10-19-12-13-31(27(32)20-8-9-20)26(23(19)15-22)21-7-5-6-18(2)14-21/h5-7,10-11,14-15,17,20,26H,4,8-9,12-13,16H2,1-3H3/t26-/m1/s1. The molecule has 2 amide bonds. The van der Waals surface area contributed by atoms with Gasteiger partial charge in [-0.2, -0.15) is 0 Å². The van der Waals surface area contributed by atoms with E-state index in [4.69, 9.17) is 4.74 Å². The first-order chi connectivity index (χ1) is 16.9. The van der Waals surface area contributed by atoms with Crippen molar-refractivity contribution in [3.8, 4) is 5.75 Å². The van der Waals surface area contributed by atoms with E-state index >= 15 is 0 Å². The van der Waals surface area contributed by atoms with E-state index in [1.54, 1.807) is 17.3 Å². The molecule has 182 valence electrons. The Morgan fingerprint density at radius 2 is 2.03 bits per heavy atom. The van der Waals surface area contributed by atoms with Gasteiger partial charge in [-0.3, -0.25) is 9.59 Å². The summed E-state index contributed by atoms with van der Waals surface area (Å²) in [5, 5.41) is 2.55. The van der Waals surface area contributed by atoms with Crippen molar-refractivity contribution < 1.29 is 14.3 Å². The average molecular weight is 490 g/mol. The number of carbonyl (C=O) groups is 2. The zero-order valence-electron chi connectivity index (χ0n) is 20.5. The van der Waals surface area contributed by atoms with Crippen molar-refractivity contribution in [2.24, 2.45) is 5.92 Å². The monoisotopic (exact) mass is 489 g/mol. The van der Waals surface area contributed by atoms with Crippen LogP contribution in [0.1, 0.15) is 63.6 Å². The minimum absolute atomic E-state index is 0.0785. The smallest absolute Gasteiger partial charge is 0.273 e. The molecule has 6 nitrogen and oxygen atoms in total. The van der Waals surface area contributed by atoms with Crippen LogP contribution in [0.3, 0.4) is 0 Å². The number of benzene rings is 2. The second kappa shape index (κ2) is 9.82. The molecule has 1 aliphatic heterocycles. The summed E-state index contributed by atoms with van der Waals surface area (Å²) >= 11 is 1.43. The molecule has 0 saturated heterocycles. The topological polar surface area (TPSA) is 62.7 Å². The highest BCUT2D eigenvalue weighted by atomic mass is 32.1. The molecule has 7 heteroatoms. The van der Waals surface area contributed by atoms with E-state index in [1.165, 1.54) is 22.5 Å². The summed E-state index contributed by atoms with van der Waals surface area (Å²) in [7, 11) is 1.77. The SMILES string of the molecule is CCN(C)C(=O)c1csc(COc2ccc3c(c2)[C@@H](c2cccc(C)c2)N(C(=O)C2CC2)CC3)n1. The van der Waals surface area contributed by atoms with E-state index in [-0.39, 0.29) is 23.8 Å². The largest absolute Gasteiger partial charge is 0.486 e. The molecule has 1 atom stereocenters. The van der Waals surface area contributed by atoms with Gasteiger partial charge in [-0.15, -0.1) is 11.3 Å². The molecule has 0 unspecified atom stereocenters. The van der Waals surface area contributed by atoms with Gasteiger partial charge in [0.1, 0.15) is 23.1 Å². The summed E-state index contributed by atoms with van der Waals surface area (Å²) in [6, 6.07) is 14.6. The second-order valence-corrected chi connectivity index (χ2v) is 10.4. The van der Waals surface area contributed by atoms with Crippen molar-refractivity contribution in [1.29, 1.82) is 0 Å². The zero-order chi connectivity index (χ0) is 24.5. The minimum Gasteiger partial charge on any atom is -0.486 e. The first kappa shape index (κ1) is 23.5. The molecule has 0 radical (unpaired) electrons. The van der Waals surface area contributed by atoms with Gasteiger partial charge in [0, 0.05) is 31.4 Å². The Hall–Kier alpha value is -3.19. The van der Waals surface area contributed by atoms with Gasteiger partial charge in [0.15, 0.2) is 0 Å². The predicted molar refractivity (Wildman–Crippen MR) is 137 cm³/mol. The van der Waals surface area contributed by atoms with E-state index in [1.807, 2.05) is 13.0 Å². The van der Waals surface area contributed by atoms with Crippen LogP contribution < -0.4 is 4.74 Å². The van der Waals surface area contributed by atoms with Crippen molar-refractivity contribution in [2.45, 2.75) is 45.8 Å². The Bertz CT molecular complexity index is 1250. The molecular weight excluding hydrogens is 458 g/mol. The lowest BCUT2D eigenvalue weighted by Crippen LogP contribution is -2.41. The predicted octanol–water partition coefficient (Wildman–Crippen LogP) is 5.01. The van der Waals surface area contributed by atoms with Crippen molar-refractivity contribution in [3.63, 3.8) is 0 Å². The summed E-state index contributed by atoms with van der Waals surface area (Å²) in [6.07, 6.45) is 2.84. The summed E-state index contributed by atoms with van der Waals surface area (Å²) in [5.74, 6) is 1.11. The Balaban J connectivity index is 1.40. The third-order valence-corrected chi connectivity index (χ3v) is 7.69. The molecule has 1 fully saturated rings. The van der Waals surface area contributed by atoms with Gasteiger partial charge in [0.25, 0.3) is 5.91 Å². The van der Waals surface area contributed by atoms with Crippen LogP contribution in [-0.2, 0) is 17.8 Å². The van der Waals surface area contributed by atoms with Crippen LogP contribution in [0.25, 0.3) is 0 Å². The minimum atomic E-state index is -0.107. The maximum atomic E-state index is 13.2. The number of thiazole rings is 1. The number of rotatable bonds is 7. The van der Waals surface area contributed by atoms with Crippen LogP contribution in [-0.4, -0.2) is 46.7 Å². The van der Waals surface area contributed by atoms with Crippen LogP contribution >= 0.6 is 11.3 Å². The summed E-state index contributed by atoms with van der Waals surface area (Å²) in [5.41, 5.74) is 5.17. The lowest BCUT2D eigenvalue weighted by atomic mass is 9.87. The zero-order valence-corrected chi connectivity index (χ0v) is 21.3. The molecular formula is C28H31N3O3S. The van der Waals surface area contributed by atoms with Crippen LogP contribution in [0.15, 0.2) is 47.8 Å². The van der Waals surface area contributed by atoms with Crippen molar-refractivity contribution >= 4 is 23.2 Å². The highest BCUT2D eigenvalue weighted by molar-refractivity contribution is 7.09. The summed E-state index contributed by atoms with van der Waals surface area (Å²) < 4.78 is 6.12. The third-order valence-electron chi connectivity index (χ3n) is 6.87. The lowest BCUT2D eigenvalue weighted by molar-refractivity contribution is -0.134. The molecule has 3 aromatic rings. The maximum absolute atomic E-state index is 13.2. The fraction of sp³-hybridized carbons (Fsp3) is 0.393. The highest BCUT2D eigenvalue weighted by Crippen LogP contribution is 2.41. The first-order valence-corrected chi connectivity index (χ1v) is 13.1. The first-order valence-electron chi connectivity index (χ1n) is 12.3. The molecule has 1 aliphatic carbocycles. The number of aryl methyl sites for hydroxylation is 1. The van der Waals surface area contributed by atoms with Gasteiger partial charge < -0.3 is 14.5 Å². The third kappa shape index (κ3) is 4.96. The molecule has 2 heterocycles. The molecule has 1 aromatic heterocycles. The molecule has 35 heavy (non-hydrogen) atoms. The number of amides is 2. The Labute approximate surface area is 210 Å². The van der Waals surface area contributed by atoms with Crippen molar-refractivity contribution in [1.82, 2.24) is 14.8 Å². The van der Waals surface area contributed by atoms with E-state index in [0.717, 1.165) is 47.7 Å². The normalized spacial score (nSPS) is 17.1. The lowest BCUT2D eigenvalue weighted by Gasteiger charge is -2.38. The molecule has 2 aliphatic rings. The Kier molecular flexibility index (Phi) is 6.60. The number of nitrogens with zero attached hydrogens (tertiary/aromatic N) is 3. The number of hydrogen-bond donors (Lipinski definition) is 0. The molecule has 0 bridgehead atoms. The average Bonchev–Trinajstić information content (AvgIpc) is 3.62. The van der Waals surface area contributed by atoms with E-state index < -0.39 is 0 Å². The van der Waals surface area contributed by atoms with Crippen LogP contribution in [0.2, 0.25) is 0 Å².